The molecular weight excluding hydrogens is 262 g/mol. The molecule has 1 aromatic heterocycles. The first kappa shape index (κ1) is 15.0. The quantitative estimate of drug-likeness (QED) is 0.654. The van der Waals surface area contributed by atoms with Gasteiger partial charge in [-0.15, -0.1) is 0 Å². The van der Waals surface area contributed by atoms with Crippen LogP contribution in [0, 0.1) is 12.3 Å². The molecule has 3 N–H and O–H groups in total. The molecule has 0 aliphatic heterocycles. The van der Waals surface area contributed by atoms with Crippen LogP contribution in [0.3, 0.4) is 0 Å². The van der Waals surface area contributed by atoms with E-state index in [1.54, 1.807) is 6.20 Å². The number of rotatable bonds is 5. The van der Waals surface area contributed by atoms with Crippen LogP contribution in [0.1, 0.15) is 36.6 Å². The van der Waals surface area contributed by atoms with Crippen LogP contribution in [0.15, 0.2) is 41.3 Å². The molecule has 0 atom stereocenters. The van der Waals surface area contributed by atoms with Gasteiger partial charge in [-0.3, -0.25) is 10.2 Å². The van der Waals surface area contributed by atoms with E-state index < -0.39 is 0 Å². The highest BCUT2D eigenvalue weighted by molar-refractivity contribution is 5.94. The zero-order valence-corrected chi connectivity index (χ0v) is 12.5. The van der Waals surface area contributed by atoms with E-state index in [0.717, 1.165) is 17.8 Å². The molecule has 2 aromatic rings. The van der Waals surface area contributed by atoms with Gasteiger partial charge in [0.15, 0.2) is 5.43 Å². The first-order valence-corrected chi connectivity index (χ1v) is 7.20. The van der Waals surface area contributed by atoms with E-state index in [0.29, 0.717) is 0 Å². The summed E-state index contributed by atoms with van der Waals surface area (Å²) in [6.45, 7) is 4.05. The van der Waals surface area contributed by atoms with Gasteiger partial charge in [0.25, 0.3) is 0 Å². The molecule has 0 spiro atoms. The minimum absolute atomic E-state index is 0.201. The molecule has 1 aromatic carbocycles. The molecular formula is C17H21N3O. The Kier molecular flexibility index (Phi) is 4.58. The third-order valence-electron chi connectivity index (χ3n) is 3.57. The van der Waals surface area contributed by atoms with Gasteiger partial charge in [0.05, 0.1) is 5.56 Å². The number of hydrogen-bond acceptors (Lipinski definition) is 2. The van der Waals surface area contributed by atoms with Crippen LogP contribution in [-0.4, -0.2) is 10.4 Å². The van der Waals surface area contributed by atoms with E-state index in [9.17, 15) is 4.79 Å². The third-order valence-corrected chi connectivity index (χ3v) is 3.57. The van der Waals surface area contributed by atoms with Crippen molar-refractivity contribution in [2.24, 2.45) is 5.73 Å². The Bertz CT molecular complexity index is 699. The number of nitrogens with zero attached hydrogens (tertiary/aromatic N) is 1. The Morgan fingerprint density at radius 2 is 1.95 bits per heavy atom. The fourth-order valence-corrected chi connectivity index (χ4v) is 2.32. The van der Waals surface area contributed by atoms with Crippen molar-refractivity contribution in [1.82, 2.24) is 4.57 Å². The molecule has 0 saturated carbocycles. The van der Waals surface area contributed by atoms with E-state index in [1.807, 2.05) is 23.6 Å². The van der Waals surface area contributed by atoms with Crippen molar-refractivity contribution in [2.75, 3.05) is 0 Å². The largest absolute Gasteiger partial charge is 0.384 e. The minimum Gasteiger partial charge on any atom is -0.384 e. The maximum atomic E-state index is 11.8. The first-order valence-electron chi connectivity index (χ1n) is 7.20. The van der Waals surface area contributed by atoms with Crippen LogP contribution in [-0.2, 0) is 6.42 Å². The molecule has 0 amide bonds. The number of aromatic nitrogens is 1. The van der Waals surface area contributed by atoms with Gasteiger partial charge >= 0.3 is 0 Å². The lowest BCUT2D eigenvalue weighted by atomic mass is 10.1. The first-order chi connectivity index (χ1) is 10.0. The summed E-state index contributed by atoms with van der Waals surface area (Å²) in [7, 11) is 0. The average Bonchev–Trinajstić information content (AvgIpc) is 2.45. The van der Waals surface area contributed by atoms with Gasteiger partial charge in [0, 0.05) is 23.6 Å². The Hall–Kier alpha value is -2.36. The van der Waals surface area contributed by atoms with Crippen molar-refractivity contribution in [3.8, 4) is 5.69 Å². The zero-order valence-electron chi connectivity index (χ0n) is 12.5. The van der Waals surface area contributed by atoms with Crippen molar-refractivity contribution in [1.29, 1.82) is 5.41 Å². The SMILES string of the molecule is CCCCc1ccc(-n2cc(C(=N)N)c(=O)cc2C)cc1. The number of nitrogens with one attached hydrogen (secondary N) is 1. The molecule has 2 rings (SSSR count). The summed E-state index contributed by atoms with van der Waals surface area (Å²) >= 11 is 0. The zero-order chi connectivity index (χ0) is 15.4. The Morgan fingerprint density at radius 3 is 2.52 bits per heavy atom. The van der Waals surface area contributed by atoms with Crippen LogP contribution in [0.25, 0.3) is 5.69 Å². The van der Waals surface area contributed by atoms with Crippen LogP contribution >= 0.6 is 0 Å². The fourth-order valence-electron chi connectivity index (χ4n) is 2.32. The van der Waals surface area contributed by atoms with Crippen LogP contribution in [0.2, 0.25) is 0 Å². The van der Waals surface area contributed by atoms with Gasteiger partial charge in [-0.2, -0.15) is 0 Å². The number of unbranched alkanes of at least 4 members (excludes halogenated alkanes) is 1. The van der Waals surface area contributed by atoms with E-state index in [1.165, 1.54) is 24.5 Å². The normalized spacial score (nSPS) is 10.6. The Balaban J connectivity index is 2.39. The van der Waals surface area contributed by atoms with Crippen molar-refractivity contribution in [2.45, 2.75) is 33.1 Å². The molecule has 0 radical (unpaired) electrons. The number of nitrogen functional groups attached to an aromatic ring is 1. The molecule has 0 unspecified atom stereocenters. The maximum absolute atomic E-state index is 11.8. The van der Waals surface area contributed by atoms with E-state index in [-0.39, 0.29) is 16.8 Å². The molecule has 0 aliphatic rings. The maximum Gasteiger partial charge on any atom is 0.192 e. The molecule has 4 heteroatoms. The molecule has 0 fully saturated rings. The Labute approximate surface area is 124 Å². The van der Waals surface area contributed by atoms with Crippen LogP contribution in [0.4, 0.5) is 0 Å². The lowest BCUT2D eigenvalue weighted by molar-refractivity contribution is 0.794. The summed E-state index contributed by atoms with van der Waals surface area (Å²) in [5.41, 5.74) is 8.58. The average molecular weight is 283 g/mol. The summed E-state index contributed by atoms with van der Waals surface area (Å²) in [6, 6.07) is 9.80. The standard InChI is InChI=1S/C17H21N3O/c1-3-4-5-13-6-8-14(9-7-13)20-11-15(17(18)19)16(21)10-12(20)2/h6-11H,3-5H2,1-2H3,(H3,18,19). The number of aryl methyl sites for hydroxylation is 2. The number of amidine groups is 1. The predicted octanol–water partition coefficient (Wildman–Crippen LogP) is 2.77. The van der Waals surface area contributed by atoms with Crippen molar-refractivity contribution >= 4 is 5.84 Å². The van der Waals surface area contributed by atoms with Gasteiger partial charge in [-0.05, 0) is 37.5 Å². The molecule has 0 bridgehead atoms. The highest BCUT2D eigenvalue weighted by atomic mass is 16.1. The summed E-state index contributed by atoms with van der Waals surface area (Å²) in [5.74, 6) is -0.201. The van der Waals surface area contributed by atoms with Gasteiger partial charge in [-0.25, -0.2) is 0 Å². The van der Waals surface area contributed by atoms with Crippen molar-refractivity contribution in [3.63, 3.8) is 0 Å². The molecule has 4 nitrogen and oxygen atoms in total. The van der Waals surface area contributed by atoms with Gasteiger partial charge in [0.2, 0.25) is 0 Å². The highest BCUT2D eigenvalue weighted by Gasteiger charge is 2.07. The monoisotopic (exact) mass is 283 g/mol. The second-order valence-corrected chi connectivity index (χ2v) is 5.25. The number of hydrogen-bond donors (Lipinski definition) is 2. The Morgan fingerprint density at radius 1 is 1.29 bits per heavy atom. The molecule has 0 saturated heterocycles. The second kappa shape index (κ2) is 6.39. The summed E-state index contributed by atoms with van der Waals surface area (Å²) in [5, 5.41) is 7.48. The molecule has 0 aliphatic carbocycles. The minimum atomic E-state index is -0.212. The van der Waals surface area contributed by atoms with Crippen molar-refractivity contribution < 1.29 is 0 Å². The summed E-state index contributed by atoms with van der Waals surface area (Å²) < 4.78 is 1.89. The predicted molar refractivity (Wildman–Crippen MR) is 86.4 cm³/mol. The highest BCUT2D eigenvalue weighted by Crippen LogP contribution is 2.14. The molecule has 1 heterocycles. The summed E-state index contributed by atoms with van der Waals surface area (Å²) in [6.07, 6.45) is 5.09. The number of pyridine rings is 1. The lowest BCUT2D eigenvalue weighted by Crippen LogP contribution is -2.23. The van der Waals surface area contributed by atoms with Crippen molar-refractivity contribution in [3.05, 3.63) is 63.6 Å². The van der Waals surface area contributed by atoms with Crippen LogP contribution in [0.5, 0.6) is 0 Å². The van der Waals surface area contributed by atoms with Gasteiger partial charge in [0.1, 0.15) is 5.84 Å². The van der Waals surface area contributed by atoms with Gasteiger partial charge < -0.3 is 10.3 Å². The molecule has 110 valence electrons. The fraction of sp³-hybridized carbons (Fsp3) is 0.294. The van der Waals surface area contributed by atoms with Crippen LogP contribution < -0.4 is 11.2 Å². The number of benzene rings is 1. The smallest absolute Gasteiger partial charge is 0.192 e. The van der Waals surface area contributed by atoms with Gasteiger partial charge in [-0.1, -0.05) is 25.5 Å². The van der Waals surface area contributed by atoms with E-state index >= 15 is 0 Å². The second-order valence-electron chi connectivity index (χ2n) is 5.25. The number of nitrogens with two attached hydrogens (primary N) is 1. The third kappa shape index (κ3) is 3.40. The van der Waals surface area contributed by atoms with E-state index in [2.05, 4.69) is 19.1 Å². The topological polar surface area (TPSA) is 71.9 Å². The van der Waals surface area contributed by atoms with E-state index in [4.69, 9.17) is 11.1 Å². The lowest BCUT2D eigenvalue weighted by Gasteiger charge is -2.13. The summed E-state index contributed by atoms with van der Waals surface area (Å²) in [4.78, 5) is 11.8. The molecule has 21 heavy (non-hydrogen) atoms.